The van der Waals surface area contributed by atoms with Gasteiger partial charge in [-0.25, -0.2) is 13.2 Å². The van der Waals surface area contributed by atoms with Gasteiger partial charge in [0.2, 0.25) is 10.0 Å². The van der Waals surface area contributed by atoms with Crippen LogP contribution in [-0.2, 0) is 14.8 Å². The van der Waals surface area contributed by atoms with Crippen LogP contribution < -0.4 is 0 Å². The van der Waals surface area contributed by atoms with E-state index in [2.05, 4.69) is 0 Å². The Balaban J connectivity index is 2.43. The monoisotopic (exact) mass is 305 g/mol. The van der Waals surface area contributed by atoms with Crippen LogP contribution in [0.15, 0.2) is 10.3 Å². The number of thiophene rings is 1. The van der Waals surface area contributed by atoms with E-state index in [0.29, 0.717) is 31.7 Å². The smallest absolute Gasteiger partial charge is 0.347 e. The molecule has 1 aromatic rings. The Morgan fingerprint density at radius 3 is 2.84 bits per heavy atom. The highest BCUT2D eigenvalue weighted by Gasteiger charge is 2.32. The van der Waals surface area contributed by atoms with Crippen LogP contribution in [0.2, 0.25) is 0 Å². The summed E-state index contributed by atoms with van der Waals surface area (Å²) in [7, 11) is -3.77. The molecule has 0 atom stereocenters. The molecule has 0 radical (unpaired) electrons. The van der Waals surface area contributed by atoms with Crippen LogP contribution in [0.3, 0.4) is 0 Å². The number of hydrogen-bond donors (Lipinski definition) is 1. The minimum Gasteiger partial charge on any atom is -0.477 e. The Morgan fingerprint density at radius 1 is 1.42 bits per heavy atom. The van der Waals surface area contributed by atoms with E-state index in [1.54, 1.807) is 12.3 Å². The van der Waals surface area contributed by atoms with Crippen molar-refractivity contribution in [3.8, 4) is 0 Å². The fourth-order valence-corrected chi connectivity index (χ4v) is 5.04. The van der Waals surface area contributed by atoms with Crippen molar-refractivity contribution in [3.63, 3.8) is 0 Å². The maximum atomic E-state index is 12.6. The summed E-state index contributed by atoms with van der Waals surface area (Å²) in [5.74, 6) is -1.21. The second-order valence-electron chi connectivity index (χ2n) is 4.25. The van der Waals surface area contributed by atoms with E-state index in [0.717, 1.165) is 11.3 Å². The summed E-state index contributed by atoms with van der Waals surface area (Å²) in [6.07, 6.45) is 0.616. The van der Waals surface area contributed by atoms with Crippen LogP contribution >= 0.6 is 11.3 Å². The van der Waals surface area contributed by atoms with Gasteiger partial charge in [-0.2, -0.15) is 4.31 Å². The van der Waals surface area contributed by atoms with Gasteiger partial charge < -0.3 is 9.84 Å². The summed E-state index contributed by atoms with van der Waals surface area (Å²) < 4.78 is 31.7. The number of hydrogen-bond acceptors (Lipinski definition) is 5. The molecule has 0 spiro atoms. The summed E-state index contributed by atoms with van der Waals surface area (Å²) in [5.41, 5.74) is 0.479. The molecule has 0 saturated carbocycles. The molecule has 1 aliphatic rings. The molecule has 106 valence electrons. The van der Waals surface area contributed by atoms with Crippen LogP contribution in [0.25, 0.3) is 0 Å². The van der Waals surface area contributed by atoms with Gasteiger partial charge in [0.25, 0.3) is 0 Å². The molecule has 6 nitrogen and oxygen atoms in total. The molecule has 1 N–H and O–H groups in total. The first-order valence-electron chi connectivity index (χ1n) is 5.84. The molecule has 1 saturated heterocycles. The topological polar surface area (TPSA) is 83.9 Å². The van der Waals surface area contributed by atoms with E-state index in [4.69, 9.17) is 9.84 Å². The van der Waals surface area contributed by atoms with Crippen molar-refractivity contribution in [2.75, 3.05) is 26.3 Å². The lowest BCUT2D eigenvalue weighted by atomic mass is 10.3. The second-order valence-corrected chi connectivity index (χ2v) is 7.01. The summed E-state index contributed by atoms with van der Waals surface area (Å²) in [6.45, 7) is 3.10. The molecule has 1 aliphatic heterocycles. The summed E-state index contributed by atoms with van der Waals surface area (Å²) in [6, 6.07) is 0. The Kier molecular flexibility index (Phi) is 4.24. The molecular formula is C11H15NO5S2. The van der Waals surface area contributed by atoms with Gasteiger partial charge in [-0.05, 0) is 24.3 Å². The Hall–Kier alpha value is -0.960. The third-order valence-electron chi connectivity index (χ3n) is 2.89. The SMILES string of the molecule is Cc1csc(C(=O)O)c1S(=O)(=O)N1CCCOCC1. The lowest BCUT2D eigenvalue weighted by molar-refractivity contribution is 0.0698. The van der Waals surface area contributed by atoms with Crippen molar-refractivity contribution in [1.29, 1.82) is 0 Å². The third-order valence-corrected chi connectivity index (χ3v) is 6.19. The van der Waals surface area contributed by atoms with Crippen LogP contribution in [0, 0.1) is 6.92 Å². The zero-order valence-corrected chi connectivity index (χ0v) is 12.1. The minimum atomic E-state index is -3.77. The largest absolute Gasteiger partial charge is 0.477 e. The fraction of sp³-hybridized carbons (Fsp3) is 0.545. The number of rotatable bonds is 3. The summed E-state index contributed by atoms with van der Waals surface area (Å²) in [4.78, 5) is 10.9. The molecule has 0 unspecified atom stereocenters. The van der Waals surface area contributed by atoms with Gasteiger partial charge in [0.15, 0.2) is 0 Å². The molecule has 1 fully saturated rings. The second kappa shape index (κ2) is 5.58. The van der Waals surface area contributed by atoms with E-state index in [-0.39, 0.29) is 16.3 Å². The highest BCUT2D eigenvalue weighted by molar-refractivity contribution is 7.89. The van der Waals surface area contributed by atoms with Crippen LogP contribution in [0.1, 0.15) is 21.7 Å². The van der Waals surface area contributed by atoms with Gasteiger partial charge in [0, 0.05) is 19.7 Å². The van der Waals surface area contributed by atoms with E-state index in [1.807, 2.05) is 0 Å². The number of ether oxygens (including phenoxy) is 1. The van der Waals surface area contributed by atoms with Crippen molar-refractivity contribution in [3.05, 3.63) is 15.8 Å². The quantitative estimate of drug-likeness (QED) is 0.906. The maximum absolute atomic E-state index is 12.6. The van der Waals surface area contributed by atoms with E-state index >= 15 is 0 Å². The van der Waals surface area contributed by atoms with E-state index < -0.39 is 16.0 Å². The molecular weight excluding hydrogens is 290 g/mol. The van der Waals surface area contributed by atoms with Crippen LogP contribution in [0.4, 0.5) is 0 Å². The molecule has 19 heavy (non-hydrogen) atoms. The first-order valence-corrected chi connectivity index (χ1v) is 8.16. The predicted molar refractivity (Wildman–Crippen MR) is 70.2 cm³/mol. The van der Waals surface area contributed by atoms with Crippen molar-refractivity contribution >= 4 is 27.3 Å². The third kappa shape index (κ3) is 2.81. The number of carboxylic acid groups (broad SMARTS) is 1. The number of carboxylic acids is 1. The van der Waals surface area contributed by atoms with Gasteiger partial charge in [-0.15, -0.1) is 11.3 Å². The first-order chi connectivity index (χ1) is 8.94. The van der Waals surface area contributed by atoms with Crippen LogP contribution in [0.5, 0.6) is 0 Å². The number of aryl methyl sites for hydroxylation is 1. The molecule has 2 heterocycles. The number of carbonyl (C=O) groups is 1. The highest BCUT2D eigenvalue weighted by atomic mass is 32.2. The summed E-state index contributed by atoms with van der Waals surface area (Å²) >= 11 is 0.944. The van der Waals surface area contributed by atoms with Gasteiger partial charge in [-0.3, -0.25) is 0 Å². The number of sulfonamides is 1. The molecule has 2 rings (SSSR count). The number of nitrogens with zero attached hydrogens (tertiary/aromatic N) is 1. The average Bonchev–Trinajstić information content (AvgIpc) is 2.58. The fourth-order valence-electron chi connectivity index (χ4n) is 1.99. The predicted octanol–water partition coefficient (Wildman–Crippen LogP) is 1.17. The Labute approximate surface area is 115 Å². The minimum absolute atomic E-state index is 0.0769. The van der Waals surface area contributed by atoms with Crippen molar-refractivity contribution in [2.45, 2.75) is 18.2 Å². The maximum Gasteiger partial charge on any atom is 0.347 e. The average molecular weight is 305 g/mol. The lowest BCUT2D eigenvalue weighted by Gasteiger charge is -2.19. The first kappa shape index (κ1) is 14.4. The van der Waals surface area contributed by atoms with Crippen molar-refractivity contribution in [2.24, 2.45) is 0 Å². The van der Waals surface area contributed by atoms with Crippen LogP contribution in [-0.4, -0.2) is 50.1 Å². The molecule has 8 heteroatoms. The van der Waals surface area contributed by atoms with Gasteiger partial charge in [0.1, 0.15) is 9.77 Å². The van der Waals surface area contributed by atoms with Gasteiger partial charge >= 0.3 is 5.97 Å². The van der Waals surface area contributed by atoms with Gasteiger partial charge in [0.05, 0.1) is 6.61 Å². The molecule has 1 aromatic heterocycles. The Bertz CT molecular complexity index is 570. The number of aromatic carboxylic acids is 1. The van der Waals surface area contributed by atoms with Crippen molar-refractivity contribution < 1.29 is 23.1 Å². The molecule has 0 bridgehead atoms. The van der Waals surface area contributed by atoms with Gasteiger partial charge in [-0.1, -0.05) is 0 Å². The molecule has 0 aliphatic carbocycles. The Morgan fingerprint density at radius 2 is 2.16 bits per heavy atom. The lowest BCUT2D eigenvalue weighted by Crippen LogP contribution is -2.34. The summed E-state index contributed by atoms with van der Waals surface area (Å²) in [5, 5.41) is 10.7. The van der Waals surface area contributed by atoms with Crippen molar-refractivity contribution in [1.82, 2.24) is 4.31 Å². The zero-order valence-electron chi connectivity index (χ0n) is 10.5. The zero-order chi connectivity index (χ0) is 14.0. The normalized spacial score (nSPS) is 18.2. The standard InChI is InChI=1S/C11H15NO5S2/c1-8-7-18-9(11(13)14)10(8)19(15,16)12-3-2-5-17-6-4-12/h7H,2-6H2,1H3,(H,13,14). The molecule has 0 aromatic carbocycles. The molecule has 0 amide bonds. The van der Waals surface area contributed by atoms with E-state index in [9.17, 15) is 13.2 Å². The van der Waals surface area contributed by atoms with E-state index in [1.165, 1.54) is 4.31 Å². The highest BCUT2D eigenvalue weighted by Crippen LogP contribution is 2.29.